The molecule has 0 saturated carbocycles. The molecule has 4 rings (SSSR count). The fourth-order valence-electron chi connectivity index (χ4n) is 2.99. The Kier molecular flexibility index (Phi) is 4.21. The highest BCUT2D eigenvalue weighted by Crippen LogP contribution is 2.28. The fourth-order valence-corrected chi connectivity index (χ4v) is 2.99. The molecule has 5 heteroatoms. The van der Waals surface area contributed by atoms with Gasteiger partial charge in [0.25, 0.3) is 5.91 Å². The second-order valence-electron chi connectivity index (χ2n) is 6.04. The molecule has 1 heterocycles. The Morgan fingerprint density at radius 3 is 2.68 bits per heavy atom. The maximum Gasteiger partial charge on any atom is 0.258 e. The number of carbonyl (C=O) groups is 1. The zero-order valence-electron chi connectivity index (χ0n) is 13.7. The molecule has 1 aliphatic carbocycles. The molecule has 25 heavy (non-hydrogen) atoms. The van der Waals surface area contributed by atoms with Gasteiger partial charge in [0.2, 0.25) is 5.88 Å². The number of nitrogens with one attached hydrogen (secondary N) is 1. The van der Waals surface area contributed by atoms with E-state index >= 15 is 0 Å². The fraction of sp³-hybridized carbons (Fsp3) is 0.200. The van der Waals surface area contributed by atoms with Crippen LogP contribution in [0.1, 0.15) is 34.5 Å². The van der Waals surface area contributed by atoms with Crippen LogP contribution in [-0.4, -0.2) is 11.1 Å². The Hall–Kier alpha value is -3.08. The first-order valence-corrected chi connectivity index (χ1v) is 8.41. The first-order valence-electron chi connectivity index (χ1n) is 8.41. The van der Waals surface area contributed by atoms with Crippen LogP contribution in [0.2, 0.25) is 0 Å². The molecule has 2 aromatic carbocycles. The molecular formula is C20H18N2O3. The van der Waals surface area contributed by atoms with E-state index in [-0.39, 0.29) is 5.91 Å². The van der Waals surface area contributed by atoms with Gasteiger partial charge in [0.05, 0.1) is 5.69 Å². The third-order valence-corrected chi connectivity index (χ3v) is 4.26. The third kappa shape index (κ3) is 3.40. The van der Waals surface area contributed by atoms with Crippen LogP contribution < -0.4 is 10.1 Å². The predicted molar refractivity (Wildman–Crippen MR) is 94.1 cm³/mol. The van der Waals surface area contributed by atoms with Gasteiger partial charge in [0.15, 0.2) is 0 Å². The van der Waals surface area contributed by atoms with Gasteiger partial charge in [-0.1, -0.05) is 29.4 Å². The molecule has 1 N–H and O–H groups in total. The quantitative estimate of drug-likeness (QED) is 0.757. The van der Waals surface area contributed by atoms with Crippen molar-refractivity contribution in [3.8, 4) is 11.5 Å². The molecular weight excluding hydrogens is 316 g/mol. The minimum atomic E-state index is -0.233. The first kappa shape index (κ1) is 15.4. The molecule has 0 fully saturated rings. The average molecular weight is 334 g/mol. The normalized spacial score (nSPS) is 13.1. The van der Waals surface area contributed by atoms with Crippen molar-refractivity contribution < 1.29 is 14.1 Å². The molecule has 1 aliphatic rings. The van der Waals surface area contributed by atoms with E-state index in [1.807, 2.05) is 36.4 Å². The van der Waals surface area contributed by atoms with E-state index in [1.165, 1.54) is 0 Å². The molecule has 5 nitrogen and oxygen atoms in total. The van der Waals surface area contributed by atoms with Crippen LogP contribution in [0.15, 0.2) is 59.1 Å². The number of nitrogens with zero attached hydrogens (tertiary/aromatic N) is 1. The number of hydrogen-bond donors (Lipinski definition) is 1. The lowest BCUT2D eigenvalue weighted by atomic mass is 9.97. The summed E-state index contributed by atoms with van der Waals surface area (Å²) in [5, 5.41) is 6.90. The molecule has 0 unspecified atom stereocenters. The zero-order valence-corrected chi connectivity index (χ0v) is 13.7. The van der Waals surface area contributed by atoms with Crippen molar-refractivity contribution in [1.29, 1.82) is 0 Å². The molecule has 1 aromatic heterocycles. The second kappa shape index (κ2) is 6.81. The lowest BCUT2D eigenvalue weighted by Gasteiger charge is -2.10. The van der Waals surface area contributed by atoms with Gasteiger partial charge < -0.3 is 9.26 Å². The Morgan fingerprint density at radius 2 is 1.80 bits per heavy atom. The summed E-state index contributed by atoms with van der Waals surface area (Å²) in [7, 11) is 0. The largest absolute Gasteiger partial charge is 0.457 e. The van der Waals surface area contributed by atoms with Crippen LogP contribution in [0.4, 0.5) is 5.88 Å². The monoisotopic (exact) mass is 334 g/mol. The van der Waals surface area contributed by atoms with E-state index in [2.05, 4.69) is 10.5 Å². The number of rotatable bonds is 4. The molecule has 0 bridgehead atoms. The van der Waals surface area contributed by atoms with E-state index < -0.39 is 0 Å². The summed E-state index contributed by atoms with van der Waals surface area (Å²) in [4.78, 5) is 12.5. The highest BCUT2D eigenvalue weighted by atomic mass is 16.5. The van der Waals surface area contributed by atoms with Crippen LogP contribution in [0.25, 0.3) is 0 Å². The molecule has 126 valence electrons. The number of hydrogen-bond acceptors (Lipinski definition) is 4. The van der Waals surface area contributed by atoms with Crippen LogP contribution in [0, 0.1) is 0 Å². The first-order chi connectivity index (χ1) is 12.3. The predicted octanol–water partition coefficient (Wildman–Crippen LogP) is 4.60. The average Bonchev–Trinajstić information content (AvgIpc) is 3.06. The molecule has 1 amide bonds. The molecule has 0 saturated heterocycles. The van der Waals surface area contributed by atoms with Gasteiger partial charge in [-0.05, 0) is 56.0 Å². The number of fused-ring (bicyclic) bond motifs is 1. The third-order valence-electron chi connectivity index (χ3n) is 4.26. The number of amides is 1. The highest BCUT2D eigenvalue weighted by Gasteiger charge is 2.21. The maximum atomic E-state index is 12.5. The van der Waals surface area contributed by atoms with E-state index in [1.54, 1.807) is 18.2 Å². The summed E-state index contributed by atoms with van der Waals surface area (Å²) in [6.45, 7) is 0. The number of aryl methyl sites for hydroxylation is 1. The van der Waals surface area contributed by atoms with Crippen LogP contribution in [0.5, 0.6) is 11.5 Å². The van der Waals surface area contributed by atoms with Crippen molar-refractivity contribution in [2.45, 2.75) is 25.7 Å². The summed E-state index contributed by atoms with van der Waals surface area (Å²) in [6, 6.07) is 16.5. The highest BCUT2D eigenvalue weighted by molar-refractivity contribution is 6.04. The maximum absolute atomic E-state index is 12.5. The summed E-state index contributed by atoms with van der Waals surface area (Å²) in [5.74, 6) is 1.57. The van der Waals surface area contributed by atoms with Crippen molar-refractivity contribution in [1.82, 2.24) is 5.16 Å². The molecule has 0 atom stereocenters. The van der Waals surface area contributed by atoms with Crippen molar-refractivity contribution in [2.75, 3.05) is 5.32 Å². The molecule has 0 aliphatic heterocycles. The number of anilines is 1. The van der Waals surface area contributed by atoms with Crippen LogP contribution in [-0.2, 0) is 12.8 Å². The van der Waals surface area contributed by atoms with Crippen LogP contribution >= 0.6 is 0 Å². The van der Waals surface area contributed by atoms with Gasteiger partial charge in [-0.25, -0.2) is 0 Å². The Morgan fingerprint density at radius 1 is 1.00 bits per heavy atom. The van der Waals surface area contributed by atoms with Crippen molar-refractivity contribution in [2.24, 2.45) is 0 Å². The number of aromatic nitrogens is 1. The zero-order chi connectivity index (χ0) is 17.1. The molecule has 3 aromatic rings. The topological polar surface area (TPSA) is 64.4 Å². The van der Waals surface area contributed by atoms with Crippen molar-refractivity contribution >= 4 is 11.8 Å². The van der Waals surface area contributed by atoms with Gasteiger partial charge in [-0.3, -0.25) is 10.1 Å². The Balaban J connectivity index is 1.51. The summed E-state index contributed by atoms with van der Waals surface area (Å²) >= 11 is 0. The van der Waals surface area contributed by atoms with Crippen LogP contribution in [0.3, 0.4) is 0 Å². The summed E-state index contributed by atoms with van der Waals surface area (Å²) in [5.41, 5.74) is 2.49. The number of carbonyl (C=O) groups excluding carboxylic acids is 1. The number of para-hydroxylation sites is 1. The van der Waals surface area contributed by atoms with E-state index in [0.29, 0.717) is 17.2 Å². The van der Waals surface area contributed by atoms with Gasteiger partial charge in [-0.2, -0.15) is 0 Å². The minimum absolute atomic E-state index is 0.233. The summed E-state index contributed by atoms with van der Waals surface area (Å²) in [6.07, 6.45) is 4.02. The number of ether oxygens (including phenoxy) is 1. The summed E-state index contributed by atoms with van der Waals surface area (Å²) < 4.78 is 11.1. The van der Waals surface area contributed by atoms with E-state index in [0.717, 1.165) is 42.7 Å². The Labute approximate surface area is 145 Å². The SMILES string of the molecule is O=C(Nc1onc2c1CCCC2)c1cccc(Oc2ccccc2)c1. The Bertz CT molecular complexity index is 887. The lowest BCUT2D eigenvalue weighted by molar-refractivity contribution is 0.102. The standard InChI is InChI=1S/C20H18N2O3/c23-19(21-20-17-11-4-5-12-18(17)22-25-20)14-7-6-10-16(13-14)24-15-8-2-1-3-9-15/h1-3,6-10,13H,4-5,11-12H2,(H,21,23). The van der Waals surface area contributed by atoms with Crippen molar-refractivity contribution in [3.63, 3.8) is 0 Å². The van der Waals surface area contributed by atoms with E-state index in [4.69, 9.17) is 9.26 Å². The number of benzene rings is 2. The van der Waals surface area contributed by atoms with Crippen molar-refractivity contribution in [3.05, 3.63) is 71.4 Å². The molecule has 0 spiro atoms. The second-order valence-corrected chi connectivity index (χ2v) is 6.04. The van der Waals surface area contributed by atoms with Gasteiger partial charge in [-0.15, -0.1) is 0 Å². The van der Waals surface area contributed by atoms with Gasteiger partial charge in [0.1, 0.15) is 11.5 Å². The smallest absolute Gasteiger partial charge is 0.258 e. The minimum Gasteiger partial charge on any atom is -0.457 e. The lowest BCUT2D eigenvalue weighted by Crippen LogP contribution is -2.13. The van der Waals surface area contributed by atoms with Gasteiger partial charge >= 0.3 is 0 Å². The van der Waals surface area contributed by atoms with E-state index in [9.17, 15) is 4.79 Å². The molecule has 0 radical (unpaired) electrons. The van der Waals surface area contributed by atoms with Gasteiger partial charge in [0, 0.05) is 11.1 Å².